The molecule has 21 heavy (non-hydrogen) atoms. The largest absolute Gasteiger partial charge is 0.487 e. The molecule has 0 spiro atoms. The molecule has 3 rings (SSSR count). The molecule has 1 heterocycles. The van der Waals surface area contributed by atoms with Crippen LogP contribution >= 0.6 is 0 Å². The van der Waals surface area contributed by atoms with Gasteiger partial charge in [0.25, 0.3) is 0 Å². The minimum atomic E-state index is -1.27. The van der Waals surface area contributed by atoms with E-state index in [2.05, 4.69) is 0 Å². The lowest BCUT2D eigenvalue weighted by Crippen LogP contribution is -2.35. The molecule has 2 aromatic rings. The summed E-state index contributed by atoms with van der Waals surface area (Å²) in [4.78, 5) is 13.5. The zero-order chi connectivity index (χ0) is 15.0. The Morgan fingerprint density at radius 1 is 1.05 bits per heavy atom. The summed E-state index contributed by atoms with van der Waals surface area (Å²) in [5.74, 6) is 0.594. The van der Waals surface area contributed by atoms with Gasteiger partial charge < -0.3 is 4.74 Å². The van der Waals surface area contributed by atoms with Gasteiger partial charge >= 0.3 is 0 Å². The number of carbonyl (C=O) groups is 1. The minimum Gasteiger partial charge on any atom is -0.487 e. The summed E-state index contributed by atoms with van der Waals surface area (Å²) in [6, 6.07) is 14.4. The molecule has 3 nitrogen and oxygen atoms in total. The van der Waals surface area contributed by atoms with E-state index in [0.29, 0.717) is 22.6 Å². The number of ether oxygens (including phenoxy) is 1. The summed E-state index contributed by atoms with van der Waals surface area (Å²) in [5.41, 5.74) is 0.0554. The van der Waals surface area contributed by atoms with Crippen LogP contribution in [0.5, 0.6) is 5.75 Å². The Labute approximate surface area is 126 Å². The Hall–Kier alpha value is -1.94. The van der Waals surface area contributed by atoms with E-state index in [9.17, 15) is 9.00 Å². The first-order valence-electron chi connectivity index (χ1n) is 6.79. The van der Waals surface area contributed by atoms with Crippen molar-refractivity contribution < 1.29 is 13.7 Å². The highest BCUT2D eigenvalue weighted by atomic mass is 32.2. The van der Waals surface area contributed by atoms with Gasteiger partial charge in [0.15, 0.2) is 5.78 Å². The molecule has 1 unspecified atom stereocenters. The van der Waals surface area contributed by atoms with Crippen molar-refractivity contribution in [2.75, 3.05) is 0 Å². The van der Waals surface area contributed by atoms with E-state index < -0.39 is 16.4 Å². The lowest BCUT2D eigenvalue weighted by molar-refractivity contribution is 0.0618. The second-order valence-electron chi connectivity index (χ2n) is 5.70. The van der Waals surface area contributed by atoms with Crippen molar-refractivity contribution in [3.63, 3.8) is 0 Å². The summed E-state index contributed by atoms with van der Waals surface area (Å²) < 4.78 is 18.4. The highest BCUT2D eigenvalue weighted by Crippen LogP contribution is 2.34. The summed E-state index contributed by atoms with van der Waals surface area (Å²) in [6.07, 6.45) is 0.362. The summed E-state index contributed by atoms with van der Waals surface area (Å²) in [5, 5.41) is 0. The van der Waals surface area contributed by atoms with E-state index in [1.165, 1.54) is 0 Å². The van der Waals surface area contributed by atoms with Crippen LogP contribution in [0.15, 0.2) is 58.3 Å². The molecule has 0 saturated carbocycles. The van der Waals surface area contributed by atoms with Gasteiger partial charge in [0.05, 0.1) is 22.8 Å². The lowest BCUT2D eigenvalue weighted by atomic mass is 9.93. The Morgan fingerprint density at radius 3 is 2.48 bits per heavy atom. The van der Waals surface area contributed by atoms with Gasteiger partial charge in [-0.25, -0.2) is 4.21 Å². The molecular formula is C17H16O3S. The fourth-order valence-corrected chi connectivity index (χ4v) is 3.51. The van der Waals surface area contributed by atoms with E-state index in [0.717, 1.165) is 4.90 Å². The Bertz CT molecular complexity index is 720. The summed E-state index contributed by atoms with van der Waals surface area (Å²) >= 11 is 0. The minimum absolute atomic E-state index is 0.0679. The van der Waals surface area contributed by atoms with Gasteiger partial charge in [0.1, 0.15) is 11.4 Å². The molecule has 1 aliphatic rings. The quantitative estimate of drug-likeness (QED) is 0.851. The van der Waals surface area contributed by atoms with Crippen LogP contribution in [0.3, 0.4) is 0 Å². The number of fused-ring (bicyclic) bond motifs is 1. The fourth-order valence-electron chi connectivity index (χ4n) is 2.43. The van der Waals surface area contributed by atoms with Crippen LogP contribution < -0.4 is 4.74 Å². The van der Waals surface area contributed by atoms with Crippen LogP contribution in [0.25, 0.3) is 0 Å². The summed E-state index contributed by atoms with van der Waals surface area (Å²) in [6.45, 7) is 3.77. The van der Waals surface area contributed by atoms with Gasteiger partial charge in [-0.05, 0) is 44.2 Å². The van der Waals surface area contributed by atoms with E-state index in [1.807, 2.05) is 44.2 Å². The predicted molar refractivity (Wildman–Crippen MR) is 81.2 cm³/mol. The molecular weight excluding hydrogens is 284 g/mol. The Balaban J connectivity index is 2.00. The van der Waals surface area contributed by atoms with Crippen molar-refractivity contribution in [1.29, 1.82) is 0 Å². The van der Waals surface area contributed by atoms with Gasteiger partial charge in [0.2, 0.25) is 0 Å². The third kappa shape index (κ3) is 2.76. The molecule has 0 saturated heterocycles. The van der Waals surface area contributed by atoms with Crippen molar-refractivity contribution in [1.82, 2.24) is 0 Å². The predicted octanol–water partition coefficient (Wildman–Crippen LogP) is 3.60. The molecule has 0 aliphatic carbocycles. The second-order valence-corrected chi connectivity index (χ2v) is 7.18. The summed E-state index contributed by atoms with van der Waals surface area (Å²) in [7, 11) is -1.27. The number of rotatable bonds is 2. The van der Waals surface area contributed by atoms with E-state index in [4.69, 9.17) is 4.74 Å². The van der Waals surface area contributed by atoms with Crippen molar-refractivity contribution in [3.05, 3.63) is 54.1 Å². The number of Topliss-reactive ketones (excluding diaryl/α,β-unsaturated/α-hetero) is 1. The number of benzene rings is 2. The SMILES string of the molecule is CC1(C)CC(=O)c2ccc(S(=O)c3ccccc3)cc2O1. The van der Waals surface area contributed by atoms with Gasteiger partial charge in [-0.15, -0.1) is 0 Å². The average molecular weight is 300 g/mol. The maximum Gasteiger partial charge on any atom is 0.170 e. The number of carbonyl (C=O) groups excluding carboxylic acids is 1. The van der Waals surface area contributed by atoms with Gasteiger partial charge in [-0.1, -0.05) is 18.2 Å². The number of hydrogen-bond acceptors (Lipinski definition) is 3. The maximum atomic E-state index is 12.5. The molecule has 0 bridgehead atoms. The normalized spacial score (nSPS) is 17.7. The van der Waals surface area contributed by atoms with Crippen LogP contribution in [0.1, 0.15) is 30.6 Å². The van der Waals surface area contributed by atoms with Crippen LogP contribution in [-0.2, 0) is 10.8 Å². The molecule has 0 amide bonds. The molecule has 1 atom stereocenters. The third-order valence-electron chi connectivity index (χ3n) is 3.40. The molecule has 108 valence electrons. The molecule has 4 heteroatoms. The van der Waals surface area contributed by atoms with Crippen molar-refractivity contribution >= 4 is 16.6 Å². The van der Waals surface area contributed by atoms with Crippen molar-refractivity contribution in [3.8, 4) is 5.75 Å². The topological polar surface area (TPSA) is 43.4 Å². The molecule has 1 aliphatic heterocycles. The fraction of sp³-hybridized carbons (Fsp3) is 0.235. The zero-order valence-corrected chi connectivity index (χ0v) is 12.8. The van der Waals surface area contributed by atoms with Crippen LogP contribution in [0.2, 0.25) is 0 Å². The van der Waals surface area contributed by atoms with Gasteiger partial charge in [-0.3, -0.25) is 4.79 Å². The lowest BCUT2D eigenvalue weighted by Gasteiger charge is -2.31. The van der Waals surface area contributed by atoms with Gasteiger partial charge in [-0.2, -0.15) is 0 Å². The first kappa shape index (κ1) is 14.0. The van der Waals surface area contributed by atoms with Crippen LogP contribution in [-0.4, -0.2) is 15.6 Å². The van der Waals surface area contributed by atoms with Crippen molar-refractivity contribution in [2.45, 2.75) is 35.7 Å². The highest BCUT2D eigenvalue weighted by molar-refractivity contribution is 7.85. The van der Waals surface area contributed by atoms with E-state index in [1.54, 1.807) is 18.2 Å². The Morgan fingerprint density at radius 2 is 1.76 bits per heavy atom. The smallest absolute Gasteiger partial charge is 0.170 e. The number of ketones is 1. The van der Waals surface area contributed by atoms with Crippen molar-refractivity contribution in [2.24, 2.45) is 0 Å². The first-order valence-corrected chi connectivity index (χ1v) is 7.94. The molecule has 0 N–H and O–H groups in total. The molecule has 2 aromatic carbocycles. The van der Waals surface area contributed by atoms with Crippen LogP contribution in [0, 0.1) is 0 Å². The molecule has 0 fully saturated rings. The third-order valence-corrected chi connectivity index (χ3v) is 4.78. The number of hydrogen-bond donors (Lipinski definition) is 0. The Kier molecular flexibility index (Phi) is 3.41. The zero-order valence-electron chi connectivity index (χ0n) is 12.0. The van der Waals surface area contributed by atoms with Gasteiger partial charge in [0, 0.05) is 9.79 Å². The standard InChI is InChI=1S/C17H16O3S/c1-17(2)11-15(18)14-9-8-13(10-16(14)20-17)21(19)12-6-4-3-5-7-12/h3-10H,11H2,1-2H3. The van der Waals surface area contributed by atoms with Crippen LogP contribution in [0.4, 0.5) is 0 Å². The maximum absolute atomic E-state index is 12.5. The average Bonchev–Trinajstić information content (AvgIpc) is 2.45. The molecule has 0 radical (unpaired) electrons. The van der Waals surface area contributed by atoms with E-state index in [-0.39, 0.29) is 5.78 Å². The monoisotopic (exact) mass is 300 g/mol. The highest BCUT2D eigenvalue weighted by Gasteiger charge is 2.32. The first-order chi connectivity index (χ1) is 9.96. The second kappa shape index (κ2) is 5.11. The van der Waals surface area contributed by atoms with E-state index >= 15 is 0 Å². The molecule has 0 aromatic heterocycles.